The molecule has 2 N–H and O–H groups in total. The third-order valence-electron chi connectivity index (χ3n) is 4.48. The number of hydrogen-bond acceptors (Lipinski definition) is 3. The third kappa shape index (κ3) is 6.50. The Morgan fingerprint density at radius 3 is 2.62 bits per heavy atom. The average molecular weight is 357 g/mol. The van der Waals surface area contributed by atoms with Crippen LogP contribution >= 0.6 is 0 Å². The molecule has 2 aromatic rings. The Morgan fingerprint density at radius 2 is 1.96 bits per heavy atom. The van der Waals surface area contributed by atoms with Crippen LogP contribution in [-0.2, 0) is 20.1 Å². The number of aliphatic imine (C=N–C) groups is 1. The highest BCUT2D eigenvalue weighted by molar-refractivity contribution is 5.80. The molecular weight excluding hydrogens is 324 g/mol. The topological polar surface area (TPSA) is 67.1 Å². The van der Waals surface area contributed by atoms with Crippen molar-refractivity contribution in [3.63, 3.8) is 0 Å². The van der Waals surface area contributed by atoms with Gasteiger partial charge in [0.2, 0.25) is 0 Å². The predicted molar refractivity (Wildman–Crippen MR) is 107 cm³/mol. The molecule has 0 aliphatic heterocycles. The van der Waals surface area contributed by atoms with Crippen molar-refractivity contribution < 1.29 is 0 Å². The Labute approximate surface area is 157 Å². The maximum atomic E-state index is 4.75. The quantitative estimate of drug-likeness (QED) is 0.411. The van der Waals surface area contributed by atoms with Gasteiger partial charge in [0, 0.05) is 13.1 Å². The minimum Gasteiger partial charge on any atom is -0.354 e. The summed E-state index contributed by atoms with van der Waals surface area (Å²) in [6.45, 7) is 7.64. The summed E-state index contributed by atoms with van der Waals surface area (Å²) in [7, 11) is 1.98. The summed E-state index contributed by atoms with van der Waals surface area (Å²) in [6.07, 6.45) is 4.89. The van der Waals surface area contributed by atoms with E-state index in [1.54, 1.807) is 0 Å². The number of rotatable bonds is 9. The van der Waals surface area contributed by atoms with Gasteiger partial charge in [-0.2, -0.15) is 0 Å². The molecule has 1 heterocycles. The Balaban J connectivity index is 1.98. The van der Waals surface area contributed by atoms with Gasteiger partial charge in [0.15, 0.2) is 11.8 Å². The lowest BCUT2D eigenvalue weighted by molar-refractivity contribution is 0.544. The smallest absolute Gasteiger partial charge is 0.192 e. The predicted octanol–water partition coefficient (Wildman–Crippen LogP) is 3.33. The van der Waals surface area contributed by atoms with Crippen LogP contribution in [-0.4, -0.2) is 26.8 Å². The van der Waals surface area contributed by atoms with Crippen LogP contribution in [0, 0.1) is 6.92 Å². The third-order valence-corrected chi connectivity index (χ3v) is 4.48. The molecule has 26 heavy (non-hydrogen) atoms. The van der Waals surface area contributed by atoms with Crippen LogP contribution in [0.15, 0.2) is 35.3 Å². The first-order chi connectivity index (χ1) is 12.6. The number of aromatic nitrogens is 3. The van der Waals surface area contributed by atoms with Gasteiger partial charge in [-0.3, -0.25) is 0 Å². The van der Waals surface area contributed by atoms with Gasteiger partial charge in [-0.1, -0.05) is 56.5 Å². The molecule has 1 aromatic heterocycles. The number of nitrogens with zero attached hydrogens (tertiary/aromatic N) is 4. The van der Waals surface area contributed by atoms with E-state index in [1.165, 1.54) is 24.8 Å². The van der Waals surface area contributed by atoms with Gasteiger partial charge in [0.05, 0.1) is 13.1 Å². The van der Waals surface area contributed by atoms with Crippen LogP contribution in [0.25, 0.3) is 0 Å². The molecule has 1 unspecified atom stereocenters. The zero-order valence-corrected chi connectivity index (χ0v) is 16.5. The standard InChI is InChI=1S/C20H32N6/c1-5-6-8-11-16(2)23-20(21-14-18-12-9-7-10-13-18)22-15-19-25-24-17(3)26(19)4/h7,9-10,12-13,16H,5-6,8,11,14-15H2,1-4H3,(H2,21,22,23). The van der Waals surface area contributed by atoms with Crippen LogP contribution < -0.4 is 10.6 Å². The zero-order valence-electron chi connectivity index (χ0n) is 16.5. The second-order valence-electron chi connectivity index (χ2n) is 6.77. The molecule has 0 aliphatic carbocycles. The van der Waals surface area contributed by atoms with Gasteiger partial charge in [0.25, 0.3) is 0 Å². The summed E-state index contributed by atoms with van der Waals surface area (Å²) in [4.78, 5) is 4.75. The number of hydrogen-bond donors (Lipinski definition) is 2. The average Bonchev–Trinajstić information content (AvgIpc) is 2.97. The largest absolute Gasteiger partial charge is 0.354 e. The zero-order chi connectivity index (χ0) is 18.8. The van der Waals surface area contributed by atoms with E-state index in [0.29, 0.717) is 19.1 Å². The van der Waals surface area contributed by atoms with E-state index in [2.05, 4.69) is 46.8 Å². The highest BCUT2D eigenvalue weighted by atomic mass is 15.3. The summed E-state index contributed by atoms with van der Waals surface area (Å²) in [6, 6.07) is 10.7. The monoisotopic (exact) mass is 356 g/mol. The van der Waals surface area contributed by atoms with Crippen molar-refractivity contribution in [1.29, 1.82) is 0 Å². The molecule has 0 saturated heterocycles. The molecule has 0 aliphatic rings. The van der Waals surface area contributed by atoms with E-state index in [1.807, 2.05) is 36.7 Å². The fourth-order valence-electron chi connectivity index (χ4n) is 2.68. The van der Waals surface area contributed by atoms with Gasteiger partial charge in [-0.05, 0) is 25.8 Å². The van der Waals surface area contributed by atoms with Gasteiger partial charge in [0.1, 0.15) is 5.82 Å². The van der Waals surface area contributed by atoms with Gasteiger partial charge >= 0.3 is 0 Å². The summed E-state index contributed by atoms with van der Waals surface area (Å²) in [5.41, 5.74) is 1.20. The second-order valence-corrected chi connectivity index (χ2v) is 6.77. The molecular formula is C20H32N6. The Kier molecular flexibility index (Phi) is 8.12. The number of aryl methyl sites for hydroxylation is 1. The molecule has 142 valence electrons. The number of unbranched alkanes of at least 4 members (excludes halogenated alkanes) is 2. The van der Waals surface area contributed by atoms with Crippen molar-refractivity contribution in [3.8, 4) is 0 Å². The molecule has 0 fully saturated rings. The lowest BCUT2D eigenvalue weighted by Crippen LogP contribution is -2.42. The van der Waals surface area contributed by atoms with E-state index in [-0.39, 0.29) is 0 Å². The first-order valence-electron chi connectivity index (χ1n) is 9.53. The number of benzene rings is 1. The van der Waals surface area contributed by atoms with Gasteiger partial charge in [-0.15, -0.1) is 10.2 Å². The van der Waals surface area contributed by atoms with E-state index in [4.69, 9.17) is 4.99 Å². The Bertz CT molecular complexity index is 677. The van der Waals surface area contributed by atoms with Crippen molar-refractivity contribution in [3.05, 3.63) is 47.5 Å². The summed E-state index contributed by atoms with van der Waals surface area (Å²) in [5.74, 6) is 2.62. The van der Waals surface area contributed by atoms with Crippen molar-refractivity contribution in [2.24, 2.45) is 12.0 Å². The molecule has 6 heteroatoms. The summed E-state index contributed by atoms with van der Waals surface area (Å²) in [5, 5.41) is 15.2. The minimum absolute atomic E-state index is 0.379. The molecule has 2 rings (SSSR count). The summed E-state index contributed by atoms with van der Waals surface area (Å²) < 4.78 is 1.99. The van der Waals surface area contributed by atoms with Crippen LogP contribution in [0.1, 0.15) is 56.7 Å². The van der Waals surface area contributed by atoms with Crippen molar-refractivity contribution in [2.75, 3.05) is 0 Å². The number of nitrogens with one attached hydrogen (secondary N) is 2. The van der Waals surface area contributed by atoms with E-state index >= 15 is 0 Å². The first kappa shape index (κ1) is 19.9. The highest BCUT2D eigenvalue weighted by Gasteiger charge is 2.09. The van der Waals surface area contributed by atoms with E-state index in [9.17, 15) is 0 Å². The summed E-state index contributed by atoms with van der Waals surface area (Å²) >= 11 is 0. The van der Waals surface area contributed by atoms with Crippen LogP contribution in [0.5, 0.6) is 0 Å². The fourth-order valence-corrected chi connectivity index (χ4v) is 2.68. The second kappa shape index (κ2) is 10.6. The van der Waals surface area contributed by atoms with Crippen molar-refractivity contribution >= 4 is 5.96 Å². The molecule has 6 nitrogen and oxygen atoms in total. The Hall–Kier alpha value is -2.37. The van der Waals surface area contributed by atoms with Crippen LogP contribution in [0.3, 0.4) is 0 Å². The minimum atomic E-state index is 0.379. The van der Waals surface area contributed by atoms with Gasteiger partial charge < -0.3 is 15.2 Å². The maximum absolute atomic E-state index is 4.75. The molecule has 0 saturated carbocycles. The van der Waals surface area contributed by atoms with Crippen LogP contribution in [0.2, 0.25) is 0 Å². The van der Waals surface area contributed by atoms with Crippen molar-refractivity contribution in [1.82, 2.24) is 25.4 Å². The fraction of sp³-hybridized carbons (Fsp3) is 0.550. The van der Waals surface area contributed by atoms with Gasteiger partial charge in [-0.25, -0.2) is 4.99 Å². The molecule has 0 amide bonds. The van der Waals surface area contributed by atoms with Crippen molar-refractivity contribution in [2.45, 2.75) is 65.6 Å². The molecule has 1 aromatic carbocycles. The highest BCUT2D eigenvalue weighted by Crippen LogP contribution is 2.04. The van der Waals surface area contributed by atoms with E-state index < -0.39 is 0 Å². The molecule has 0 spiro atoms. The lowest BCUT2D eigenvalue weighted by atomic mass is 10.1. The lowest BCUT2D eigenvalue weighted by Gasteiger charge is -2.18. The van der Waals surface area contributed by atoms with E-state index in [0.717, 1.165) is 24.0 Å². The molecule has 1 atom stereocenters. The molecule has 0 bridgehead atoms. The Morgan fingerprint density at radius 1 is 1.19 bits per heavy atom. The normalized spacial score (nSPS) is 12.8. The van der Waals surface area contributed by atoms with Crippen LogP contribution in [0.4, 0.5) is 0 Å². The number of guanidine groups is 1. The first-order valence-corrected chi connectivity index (χ1v) is 9.53. The SMILES string of the molecule is CCCCCC(C)NC(=NCc1ccccc1)NCc1nnc(C)n1C. The molecule has 0 radical (unpaired) electrons. The maximum Gasteiger partial charge on any atom is 0.192 e.